The predicted molar refractivity (Wildman–Crippen MR) is 103 cm³/mol. The largest absolute Gasteiger partial charge is 0.481 e. The summed E-state index contributed by atoms with van der Waals surface area (Å²) in [6, 6.07) is 3.68. The van der Waals surface area contributed by atoms with Gasteiger partial charge in [-0.2, -0.15) is 0 Å². The van der Waals surface area contributed by atoms with Crippen molar-refractivity contribution in [2.24, 2.45) is 5.92 Å². The molecule has 0 aliphatic carbocycles. The van der Waals surface area contributed by atoms with Crippen LogP contribution in [0.5, 0.6) is 0 Å². The summed E-state index contributed by atoms with van der Waals surface area (Å²) < 4.78 is 0. The second kappa shape index (κ2) is 7.55. The van der Waals surface area contributed by atoms with Crippen molar-refractivity contribution in [3.8, 4) is 0 Å². The van der Waals surface area contributed by atoms with Gasteiger partial charge in [0.15, 0.2) is 0 Å². The molecule has 9 heteroatoms. The van der Waals surface area contributed by atoms with E-state index in [1.807, 2.05) is 0 Å². The van der Waals surface area contributed by atoms with Gasteiger partial charge in [0.2, 0.25) is 11.8 Å². The number of carboxylic acid groups (broad SMARTS) is 1. The van der Waals surface area contributed by atoms with Gasteiger partial charge < -0.3 is 14.9 Å². The number of fused-ring (bicyclic) bond motifs is 1. The second-order valence-corrected chi connectivity index (χ2v) is 8.10. The molecule has 0 spiro atoms. The van der Waals surface area contributed by atoms with Crippen molar-refractivity contribution in [3.05, 3.63) is 34.9 Å². The van der Waals surface area contributed by atoms with E-state index in [1.165, 1.54) is 4.90 Å². The van der Waals surface area contributed by atoms with Crippen LogP contribution in [0.25, 0.3) is 0 Å². The Hall–Kier alpha value is -3.23. The van der Waals surface area contributed by atoms with Crippen molar-refractivity contribution in [2.75, 3.05) is 6.54 Å². The van der Waals surface area contributed by atoms with Crippen LogP contribution in [0.4, 0.5) is 0 Å². The fourth-order valence-corrected chi connectivity index (χ4v) is 4.63. The molecule has 2 saturated heterocycles. The van der Waals surface area contributed by atoms with Gasteiger partial charge >= 0.3 is 5.97 Å². The lowest BCUT2D eigenvalue weighted by Crippen LogP contribution is -2.52. The van der Waals surface area contributed by atoms with Crippen LogP contribution in [0, 0.1) is 5.92 Å². The molecule has 9 nitrogen and oxygen atoms in total. The van der Waals surface area contributed by atoms with E-state index < -0.39 is 29.9 Å². The maximum Gasteiger partial charge on any atom is 0.308 e. The van der Waals surface area contributed by atoms with Gasteiger partial charge in [0.05, 0.1) is 5.92 Å². The molecule has 158 valence electrons. The molecule has 1 aromatic carbocycles. The first-order valence-corrected chi connectivity index (χ1v) is 10.1. The number of imide groups is 1. The van der Waals surface area contributed by atoms with E-state index in [2.05, 4.69) is 5.32 Å². The van der Waals surface area contributed by atoms with Gasteiger partial charge in [-0.1, -0.05) is 0 Å². The molecule has 30 heavy (non-hydrogen) atoms. The maximum atomic E-state index is 13.1. The maximum absolute atomic E-state index is 13.1. The molecule has 2 N–H and O–H groups in total. The molecule has 3 aliphatic rings. The van der Waals surface area contributed by atoms with Crippen molar-refractivity contribution >= 4 is 29.6 Å². The topological polar surface area (TPSA) is 124 Å². The van der Waals surface area contributed by atoms with Crippen LogP contribution < -0.4 is 5.32 Å². The fourth-order valence-electron chi connectivity index (χ4n) is 4.63. The standard InChI is InChI=1S/C21H23N3O6/c1-11-14(21(29)30)3-2-8-23(11)19(27)12-4-5-15-13(9-12)10-24(20(15)28)16-6-7-17(25)22-18(16)26/h4-5,9,11,14,16H,2-3,6-8,10H2,1H3,(H,29,30)(H,22,25,26)/t11-,14-,16?/m1/s1. The van der Waals surface area contributed by atoms with Crippen LogP contribution in [0.1, 0.15) is 58.9 Å². The molecule has 0 bridgehead atoms. The normalized spacial score (nSPS) is 26.4. The Labute approximate surface area is 173 Å². The highest BCUT2D eigenvalue weighted by Crippen LogP contribution is 2.30. The lowest BCUT2D eigenvalue weighted by Gasteiger charge is -2.37. The Balaban J connectivity index is 1.54. The first-order chi connectivity index (χ1) is 14.3. The van der Waals surface area contributed by atoms with Crippen molar-refractivity contribution in [1.29, 1.82) is 0 Å². The number of amides is 4. The number of hydrogen-bond donors (Lipinski definition) is 2. The van der Waals surface area contributed by atoms with Crippen LogP contribution in [0.15, 0.2) is 18.2 Å². The highest BCUT2D eigenvalue weighted by Gasteiger charge is 2.40. The highest BCUT2D eigenvalue weighted by molar-refractivity contribution is 6.06. The van der Waals surface area contributed by atoms with E-state index in [9.17, 15) is 29.1 Å². The summed E-state index contributed by atoms with van der Waals surface area (Å²) in [5, 5.41) is 11.7. The molecule has 3 aliphatic heterocycles. The number of rotatable bonds is 3. The van der Waals surface area contributed by atoms with Gasteiger partial charge in [-0.15, -0.1) is 0 Å². The third-order valence-electron chi connectivity index (χ3n) is 6.34. The number of nitrogens with zero attached hydrogens (tertiary/aromatic N) is 2. The number of hydrogen-bond acceptors (Lipinski definition) is 5. The highest BCUT2D eigenvalue weighted by atomic mass is 16.4. The third kappa shape index (κ3) is 3.34. The zero-order chi connectivity index (χ0) is 21.6. The van der Waals surface area contributed by atoms with Crippen LogP contribution in [0.3, 0.4) is 0 Å². The summed E-state index contributed by atoms with van der Waals surface area (Å²) in [6.45, 7) is 2.43. The molecule has 0 aromatic heterocycles. The Morgan fingerprint density at radius 3 is 2.63 bits per heavy atom. The molecule has 3 heterocycles. The van der Waals surface area contributed by atoms with Crippen LogP contribution in [-0.4, -0.2) is 63.1 Å². The first-order valence-electron chi connectivity index (χ1n) is 10.1. The number of likely N-dealkylation sites (tertiary alicyclic amines) is 1. The summed E-state index contributed by atoms with van der Waals surface area (Å²) in [6.07, 6.45) is 1.62. The van der Waals surface area contributed by atoms with Crippen LogP contribution in [-0.2, 0) is 20.9 Å². The van der Waals surface area contributed by atoms with Crippen LogP contribution >= 0.6 is 0 Å². The number of carboxylic acids is 1. The fraction of sp³-hybridized carbons (Fsp3) is 0.476. The zero-order valence-corrected chi connectivity index (χ0v) is 16.6. The van der Waals surface area contributed by atoms with Gasteiger partial charge in [-0.05, 0) is 49.9 Å². The van der Waals surface area contributed by atoms with E-state index in [0.717, 1.165) is 0 Å². The number of carbonyl (C=O) groups is 5. The number of benzene rings is 1. The van der Waals surface area contributed by atoms with Gasteiger partial charge in [0.1, 0.15) is 6.04 Å². The summed E-state index contributed by atoms with van der Waals surface area (Å²) in [7, 11) is 0. The Morgan fingerprint density at radius 1 is 1.17 bits per heavy atom. The number of nitrogens with one attached hydrogen (secondary N) is 1. The smallest absolute Gasteiger partial charge is 0.308 e. The summed E-state index contributed by atoms with van der Waals surface area (Å²) in [4.78, 5) is 63.9. The molecular formula is C21H23N3O6. The number of piperidine rings is 2. The molecule has 0 radical (unpaired) electrons. The lowest BCUT2D eigenvalue weighted by atomic mass is 9.89. The molecule has 3 atom stereocenters. The second-order valence-electron chi connectivity index (χ2n) is 8.10. The van der Waals surface area contributed by atoms with Gasteiger partial charge in [0, 0.05) is 36.7 Å². The molecular weight excluding hydrogens is 390 g/mol. The minimum Gasteiger partial charge on any atom is -0.481 e. The van der Waals surface area contributed by atoms with E-state index in [1.54, 1.807) is 30.0 Å². The first kappa shape index (κ1) is 20.1. The number of carbonyl (C=O) groups excluding carboxylic acids is 4. The zero-order valence-electron chi connectivity index (χ0n) is 16.6. The quantitative estimate of drug-likeness (QED) is 0.706. The minimum absolute atomic E-state index is 0.178. The van der Waals surface area contributed by atoms with Crippen molar-refractivity contribution in [1.82, 2.24) is 15.1 Å². The summed E-state index contributed by atoms with van der Waals surface area (Å²) in [5.41, 5.74) is 1.48. The Bertz CT molecular complexity index is 958. The van der Waals surface area contributed by atoms with Gasteiger partial charge in [-0.25, -0.2) is 0 Å². The number of aliphatic carboxylic acids is 1. The van der Waals surface area contributed by atoms with E-state index >= 15 is 0 Å². The molecule has 0 saturated carbocycles. The summed E-state index contributed by atoms with van der Waals surface area (Å²) in [5.74, 6) is -2.88. The van der Waals surface area contributed by atoms with E-state index in [-0.39, 0.29) is 37.1 Å². The lowest BCUT2D eigenvalue weighted by molar-refractivity contribution is -0.145. The van der Waals surface area contributed by atoms with Gasteiger partial charge in [0.25, 0.3) is 11.8 Å². The molecule has 1 unspecified atom stereocenters. The average molecular weight is 413 g/mol. The SMILES string of the molecule is C[C@@H]1[C@H](C(=O)O)CCCN1C(=O)c1ccc2c(c1)CN(C1CCC(=O)NC1=O)C2=O. The van der Waals surface area contributed by atoms with Gasteiger partial charge in [-0.3, -0.25) is 29.3 Å². The van der Waals surface area contributed by atoms with E-state index in [4.69, 9.17) is 0 Å². The molecule has 1 aromatic rings. The van der Waals surface area contributed by atoms with Crippen molar-refractivity contribution in [2.45, 2.75) is 51.2 Å². The molecule has 4 amide bonds. The predicted octanol–water partition coefficient (Wildman–Crippen LogP) is 0.773. The monoisotopic (exact) mass is 413 g/mol. The summed E-state index contributed by atoms with van der Waals surface area (Å²) >= 11 is 0. The molecule has 2 fully saturated rings. The third-order valence-corrected chi connectivity index (χ3v) is 6.34. The molecule has 4 rings (SSSR count). The van der Waals surface area contributed by atoms with Crippen molar-refractivity contribution < 1.29 is 29.1 Å². The Morgan fingerprint density at radius 2 is 1.93 bits per heavy atom. The average Bonchev–Trinajstić information content (AvgIpc) is 3.03. The van der Waals surface area contributed by atoms with E-state index in [0.29, 0.717) is 36.1 Å². The van der Waals surface area contributed by atoms with Crippen molar-refractivity contribution in [3.63, 3.8) is 0 Å². The Kier molecular flexibility index (Phi) is 5.05. The minimum atomic E-state index is -0.903. The van der Waals surface area contributed by atoms with Crippen LogP contribution in [0.2, 0.25) is 0 Å².